The molecule has 0 bridgehead atoms. The normalized spacial score (nSPS) is 11.2. The van der Waals surface area contributed by atoms with Crippen molar-refractivity contribution >= 4 is 5.97 Å². The van der Waals surface area contributed by atoms with E-state index in [9.17, 15) is 4.79 Å². The predicted molar refractivity (Wildman–Crippen MR) is 135 cm³/mol. The van der Waals surface area contributed by atoms with Crippen LogP contribution in [0, 0.1) is 0 Å². The first-order chi connectivity index (χ1) is 16.3. The van der Waals surface area contributed by atoms with Crippen LogP contribution in [-0.4, -0.2) is 65.4 Å². The van der Waals surface area contributed by atoms with E-state index in [1.807, 2.05) is 0 Å². The standard InChI is InChI=1S/C27H54O6/c1-3-5-7-9-10-11-13-14-18-29-21-23-31-25-26-32-24-22-30-19-16-17-27(28)33-20-15-12-8-6-4-2/h3-26H2,1-2H3. The second-order valence-electron chi connectivity index (χ2n) is 8.66. The quantitative estimate of drug-likeness (QED) is 0.0954. The monoisotopic (exact) mass is 474 g/mol. The largest absolute Gasteiger partial charge is 0.466 e. The van der Waals surface area contributed by atoms with Gasteiger partial charge in [-0.15, -0.1) is 0 Å². The molecular weight excluding hydrogens is 420 g/mol. The minimum atomic E-state index is -0.121. The summed E-state index contributed by atoms with van der Waals surface area (Å²) in [7, 11) is 0. The van der Waals surface area contributed by atoms with Crippen molar-refractivity contribution in [1.82, 2.24) is 0 Å². The van der Waals surface area contributed by atoms with Crippen LogP contribution in [0.4, 0.5) is 0 Å². The predicted octanol–water partition coefficient (Wildman–Crippen LogP) is 6.49. The molecule has 0 aliphatic carbocycles. The molecule has 0 radical (unpaired) electrons. The van der Waals surface area contributed by atoms with E-state index >= 15 is 0 Å². The number of rotatable bonds is 28. The van der Waals surface area contributed by atoms with Crippen LogP contribution in [-0.2, 0) is 28.5 Å². The summed E-state index contributed by atoms with van der Waals surface area (Å²) in [6.45, 7) is 9.88. The molecule has 33 heavy (non-hydrogen) atoms. The third-order valence-electron chi connectivity index (χ3n) is 5.44. The zero-order valence-electron chi connectivity index (χ0n) is 21.9. The molecule has 0 atom stereocenters. The average Bonchev–Trinajstić information content (AvgIpc) is 2.82. The summed E-state index contributed by atoms with van der Waals surface area (Å²) < 4.78 is 27.3. The van der Waals surface area contributed by atoms with Gasteiger partial charge in [-0.05, 0) is 19.3 Å². The van der Waals surface area contributed by atoms with Crippen LogP contribution in [0.25, 0.3) is 0 Å². The maximum atomic E-state index is 11.6. The molecule has 0 amide bonds. The lowest BCUT2D eigenvalue weighted by molar-refractivity contribution is -0.144. The molecule has 0 aromatic carbocycles. The molecule has 0 aromatic heterocycles. The van der Waals surface area contributed by atoms with Gasteiger partial charge >= 0.3 is 5.97 Å². The maximum Gasteiger partial charge on any atom is 0.305 e. The third-order valence-corrected chi connectivity index (χ3v) is 5.44. The molecule has 0 aromatic rings. The second-order valence-corrected chi connectivity index (χ2v) is 8.66. The second kappa shape index (κ2) is 29.3. The maximum absolute atomic E-state index is 11.6. The van der Waals surface area contributed by atoms with Gasteiger partial charge in [-0.25, -0.2) is 0 Å². The highest BCUT2D eigenvalue weighted by atomic mass is 16.6. The minimum Gasteiger partial charge on any atom is -0.466 e. The van der Waals surface area contributed by atoms with Gasteiger partial charge in [0.2, 0.25) is 0 Å². The molecule has 0 N–H and O–H groups in total. The topological polar surface area (TPSA) is 63.2 Å². The van der Waals surface area contributed by atoms with Gasteiger partial charge in [0, 0.05) is 19.6 Å². The molecule has 0 saturated heterocycles. The van der Waals surface area contributed by atoms with E-state index in [-0.39, 0.29) is 5.97 Å². The summed E-state index contributed by atoms with van der Waals surface area (Å²) in [5.41, 5.74) is 0. The molecule has 0 saturated carbocycles. The first kappa shape index (κ1) is 32.3. The molecule has 6 heteroatoms. The molecule has 0 unspecified atom stereocenters. The Morgan fingerprint density at radius 2 is 0.788 bits per heavy atom. The van der Waals surface area contributed by atoms with Crippen LogP contribution >= 0.6 is 0 Å². The Bertz CT molecular complexity index is 378. The van der Waals surface area contributed by atoms with Crippen molar-refractivity contribution in [2.24, 2.45) is 0 Å². The molecule has 0 aliphatic rings. The first-order valence-electron chi connectivity index (χ1n) is 13.8. The fraction of sp³-hybridized carbons (Fsp3) is 0.963. The molecule has 6 nitrogen and oxygen atoms in total. The number of unbranched alkanes of at least 4 members (excludes halogenated alkanes) is 11. The summed E-state index contributed by atoms with van der Waals surface area (Å²) in [5.74, 6) is -0.121. The van der Waals surface area contributed by atoms with E-state index in [4.69, 9.17) is 23.7 Å². The molecule has 0 spiro atoms. The number of hydrogen-bond donors (Lipinski definition) is 0. The number of carbonyl (C=O) groups excluding carboxylic acids is 1. The van der Waals surface area contributed by atoms with Crippen molar-refractivity contribution in [1.29, 1.82) is 0 Å². The zero-order chi connectivity index (χ0) is 24.1. The highest BCUT2D eigenvalue weighted by Gasteiger charge is 2.02. The zero-order valence-corrected chi connectivity index (χ0v) is 21.9. The van der Waals surface area contributed by atoms with E-state index in [1.165, 1.54) is 64.2 Å². The van der Waals surface area contributed by atoms with E-state index in [0.717, 1.165) is 25.9 Å². The van der Waals surface area contributed by atoms with Crippen LogP contribution in [0.3, 0.4) is 0 Å². The average molecular weight is 475 g/mol. The van der Waals surface area contributed by atoms with Crippen molar-refractivity contribution in [2.75, 3.05) is 59.5 Å². The van der Waals surface area contributed by atoms with Crippen LogP contribution in [0.2, 0.25) is 0 Å². The first-order valence-corrected chi connectivity index (χ1v) is 13.8. The Labute approximate surface area is 204 Å². The minimum absolute atomic E-state index is 0.121. The van der Waals surface area contributed by atoms with E-state index in [0.29, 0.717) is 65.7 Å². The summed E-state index contributed by atoms with van der Waals surface area (Å²) in [6.07, 6.45) is 17.5. The summed E-state index contributed by atoms with van der Waals surface area (Å²) in [5, 5.41) is 0. The van der Waals surface area contributed by atoms with Gasteiger partial charge in [0.25, 0.3) is 0 Å². The van der Waals surface area contributed by atoms with Gasteiger partial charge in [0.05, 0.1) is 46.2 Å². The van der Waals surface area contributed by atoms with Crippen molar-refractivity contribution in [3.8, 4) is 0 Å². The SMILES string of the molecule is CCCCCCCCCCOCCOCCOCCOCCCC(=O)OCCCCCCC. The Morgan fingerprint density at radius 3 is 1.27 bits per heavy atom. The van der Waals surface area contributed by atoms with E-state index in [2.05, 4.69) is 13.8 Å². The fourth-order valence-electron chi connectivity index (χ4n) is 3.38. The molecule has 0 rings (SSSR count). The third kappa shape index (κ3) is 29.3. The van der Waals surface area contributed by atoms with Crippen LogP contribution < -0.4 is 0 Å². The van der Waals surface area contributed by atoms with Crippen LogP contribution in [0.15, 0.2) is 0 Å². The molecule has 0 fully saturated rings. The van der Waals surface area contributed by atoms with E-state index < -0.39 is 0 Å². The number of ether oxygens (including phenoxy) is 5. The molecular formula is C27H54O6. The van der Waals surface area contributed by atoms with Gasteiger partial charge in [-0.2, -0.15) is 0 Å². The van der Waals surface area contributed by atoms with Crippen molar-refractivity contribution < 1.29 is 28.5 Å². The van der Waals surface area contributed by atoms with Gasteiger partial charge in [-0.3, -0.25) is 4.79 Å². The van der Waals surface area contributed by atoms with Gasteiger partial charge < -0.3 is 23.7 Å². The van der Waals surface area contributed by atoms with Gasteiger partial charge in [0.15, 0.2) is 0 Å². The highest BCUT2D eigenvalue weighted by molar-refractivity contribution is 5.69. The number of esters is 1. The van der Waals surface area contributed by atoms with Crippen LogP contribution in [0.5, 0.6) is 0 Å². The lowest BCUT2D eigenvalue weighted by atomic mass is 10.1. The Hall–Kier alpha value is -0.690. The molecule has 198 valence electrons. The van der Waals surface area contributed by atoms with Gasteiger partial charge in [0.1, 0.15) is 0 Å². The lowest BCUT2D eigenvalue weighted by Gasteiger charge is -2.08. The van der Waals surface area contributed by atoms with E-state index in [1.54, 1.807) is 0 Å². The Morgan fingerprint density at radius 1 is 0.424 bits per heavy atom. The number of carbonyl (C=O) groups is 1. The highest BCUT2D eigenvalue weighted by Crippen LogP contribution is 2.08. The smallest absolute Gasteiger partial charge is 0.305 e. The lowest BCUT2D eigenvalue weighted by Crippen LogP contribution is -2.12. The molecule has 0 aliphatic heterocycles. The van der Waals surface area contributed by atoms with Crippen molar-refractivity contribution in [2.45, 2.75) is 110 Å². The fourth-order valence-corrected chi connectivity index (χ4v) is 3.38. The Kier molecular flexibility index (Phi) is 28.7. The van der Waals surface area contributed by atoms with Crippen molar-refractivity contribution in [3.63, 3.8) is 0 Å². The molecule has 0 heterocycles. The summed E-state index contributed by atoms with van der Waals surface area (Å²) in [6, 6.07) is 0. The summed E-state index contributed by atoms with van der Waals surface area (Å²) in [4.78, 5) is 11.6. The van der Waals surface area contributed by atoms with Gasteiger partial charge in [-0.1, -0.05) is 84.5 Å². The number of hydrogen-bond acceptors (Lipinski definition) is 6. The van der Waals surface area contributed by atoms with Crippen molar-refractivity contribution in [3.05, 3.63) is 0 Å². The Balaban J connectivity index is 3.09. The summed E-state index contributed by atoms with van der Waals surface area (Å²) >= 11 is 0. The van der Waals surface area contributed by atoms with Crippen LogP contribution in [0.1, 0.15) is 110 Å².